The summed E-state index contributed by atoms with van der Waals surface area (Å²) in [5.41, 5.74) is 3.68. The van der Waals surface area contributed by atoms with Crippen molar-refractivity contribution in [1.29, 1.82) is 0 Å². The van der Waals surface area contributed by atoms with Gasteiger partial charge in [-0.3, -0.25) is 0 Å². The van der Waals surface area contributed by atoms with Gasteiger partial charge in [0.05, 0.1) is 13.2 Å². The second-order valence-corrected chi connectivity index (χ2v) is 4.81. The minimum absolute atomic E-state index is 0.0931. The molecule has 0 bridgehead atoms. The molecule has 2 rings (SSSR count). The number of rotatable bonds is 2. The van der Waals surface area contributed by atoms with Crippen LogP contribution >= 0.6 is 0 Å². The first-order valence-electron chi connectivity index (χ1n) is 6.08. The van der Waals surface area contributed by atoms with E-state index in [4.69, 9.17) is 15.6 Å². The molecule has 5 N–H and O–H groups in total. The van der Waals surface area contributed by atoms with Crippen LogP contribution in [0.1, 0.15) is 13.3 Å². The minimum Gasteiger partial charge on any atom is -0.394 e. The number of aliphatic imine (C=N–C) groups is 1. The minimum atomic E-state index is -1.83. The van der Waals surface area contributed by atoms with E-state index >= 15 is 0 Å². The standard InChI is InChI=1S/C10H17N5O5/c1-10(19)7(17)5(4-16)20-8(10)15-9(18)13-6(11)2-3-12-14-15/h5,7-8,16-17,19H,2-4H2,1H3,(H2,11,13,18)/b14-12-/t5-,7+,8-,10?/m1/s1. The number of urea groups is 1. The van der Waals surface area contributed by atoms with Gasteiger partial charge in [0.1, 0.15) is 23.6 Å². The predicted molar refractivity (Wildman–Crippen MR) is 65.6 cm³/mol. The molecule has 2 aliphatic rings. The van der Waals surface area contributed by atoms with Gasteiger partial charge in [-0.1, -0.05) is 5.22 Å². The highest BCUT2D eigenvalue weighted by Crippen LogP contribution is 2.33. The Labute approximate surface area is 114 Å². The van der Waals surface area contributed by atoms with Crippen molar-refractivity contribution < 1.29 is 24.9 Å². The zero-order valence-corrected chi connectivity index (χ0v) is 10.9. The largest absolute Gasteiger partial charge is 0.394 e. The highest BCUT2D eigenvalue weighted by molar-refractivity contribution is 5.93. The van der Waals surface area contributed by atoms with Crippen LogP contribution < -0.4 is 5.73 Å². The molecule has 112 valence electrons. The quantitative estimate of drug-likeness (QED) is 0.478. The number of hydrogen-bond donors (Lipinski definition) is 4. The highest BCUT2D eigenvalue weighted by Gasteiger charge is 2.56. The lowest BCUT2D eigenvalue weighted by Gasteiger charge is -2.30. The van der Waals surface area contributed by atoms with Crippen molar-refractivity contribution in [3.05, 3.63) is 0 Å². The summed E-state index contributed by atoms with van der Waals surface area (Å²) in [4.78, 5) is 15.5. The molecule has 2 heterocycles. The molecule has 4 atom stereocenters. The number of ether oxygens (including phenoxy) is 1. The van der Waals surface area contributed by atoms with E-state index in [1.807, 2.05) is 0 Å². The molecule has 0 saturated carbocycles. The Hall–Kier alpha value is -1.62. The summed E-state index contributed by atoms with van der Waals surface area (Å²) in [6, 6.07) is -0.859. The summed E-state index contributed by atoms with van der Waals surface area (Å²) in [6.45, 7) is 0.991. The van der Waals surface area contributed by atoms with E-state index < -0.39 is 36.7 Å². The van der Waals surface area contributed by atoms with E-state index in [-0.39, 0.29) is 12.4 Å². The van der Waals surface area contributed by atoms with E-state index in [0.717, 1.165) is 0 Å². The molecule has 0 spiro atoms. The van der Waals surface area contributed by atoms with Crippen molar-refractivity contribution in [2.45, 2.75) is 37.4 Å². The summed E-state index contributed by atoms with van der Waals surface area (Å²) in [5.74, 6) is 0.0931. The Bertz CT molecular complexity index is 451. The van der Waals surface area contributed by atoms with Crippen LogP contribution in [0.3, 0.4) is 0 Å². The summed E-state index contributed by atoms with van der Waals surface area (Å²) in [5, 5.41) is 37.3. The number of nitrogens with two attached hydrogens (primary N) is 1. The van der Waals surface area contributed by atoms with Crippen LogP contribution in [0.25, 0.3) is 0 Å². The Morgan fingerprint density at radius 1 is 1.60 bits per heavy atom. The molecule has 0 aromatic carbocycles. The molecule has 1 unspecified atom stereocenters. The summed E-state index contributed by atoms with van der Waals surface area (Å²) in [6.07, 6.45) is -3.44. The monoisotopic (exact) mass is 287 g/mol. The maximum Gasteiger partial charge on any atom is 0.369 e. The second kappa shape index (κ2) is 5.40. The van der Waals surface area contributed by atoms with E-state index in [1.165, 1.54) is 6.92 Å². The lowest BCUT2D eigenvalue weighted by atomic mass is 9.96. The molecule has 1 saturated heterocycles. The summed E-state index contributed by atoms with van der Waals surface area (Å²) in [7, 11) is 0. The first kappa shape index (κ1) is 14.8. The molecule has 0 aliphatic carbocycles. The van der Waals surface area contributed by atoms with Crippen LogP contribution in [0, 0.1) is 0 Å². The van der Waals surface area contributed by atoms with E-state index in [0.29, 0.717) is 11.4 Å². The lowest BCUT2D eigenvalue weighted by Crippen LogP contribution is -2.53. The van der Waals surface area contributed by atoms with Gasteiger partial charge in [0.2, 0.25) is 0 Å². The number of amidine groups is 1. The molecule has 20 heavy (non-hydrogen) atoms. The number of carbonyl (C=O) groups excluding carboxylic acids is 1. The zero-order valence-electron chi connectivity index (χ0n) is 10.9. The summed E-state index contributed by atoms with van der Waals surface area (Å²) >= 11 is 0. The first-order valence-corrected chi connectivity index (χ1v) is 6.08. The first-order chi connectivity index (χ1) is 9.37. The average Bonchev–Trinajstić information content (AvgIpc) is 2.59. The maximum atomic E-state index is 11.9. The molecule has 1 fully saturated rings. The van der Waals surface area contributed by atoms with Crippen LogP contribution in [0.5, 0.6) is 0 Å². The fourth-order valence-electron chi connectivity index (χ4n) is 2.04. The van der Waals surface area contributed by atoms with E-state index in [1.54, 1.807) is 0 Å². The molecule has 10 heteroatoms. The third-order valence-electron chi connectivity index (χ3n) is 3.22. The Balaban J connectivity index is 2.29. The van der Waals surface area contributed by atoms with Crippen LogP contribution in [-0.4, -0.2) is 69.4 Å². The van der Waals surface area contributed by atoms with Crippen LogP contribution in [0.4, 0.5) is 4.79 Å². The Kier molecular flexibility index (Phi) is 3.99. The van der Waals surface area contributed by atoms with Gasteiger partial charge in [-0.25, -0.2) is 4.79 Å². The van der Waals surface area contributed by atoms with Gasteiger partial charge < -0.3 is 25.8 Å². The van der Waals surface area contributed by atoms with Crippen molar-refractivity contribution in [2.24, 2.45) is 21.1 Å². The number of nitrogens with zero attached hydrogens (tertiary/aromatic N) is 4. The molecule has 2 amide bonds. The van der Waals surface area contributed by atoms with Gasteiger partial charge in [-0.05, 0) is 6.92 Å². The van der Waals surface area contributed by atoms with E-state index in [2.05, 4.69) is 15.3 Å². The van der Waals surface area contributed by atoms with Gasteiger partial charge in [0.25, 0.3) is 0 Å². The lowest BCUT2D eigenvalue weighted by molar-refractivity contribution is -0.120. The predicted octanol–water partition coefficient (Wildman–Crippen LogP) is -1.63. The van der Waals surface area contributed by atoms with Crippen molar-refractivity contribution in [3.8, 4) is 0 Å². The molecule has 2 aliphatic heterocycles. The number of aliphatic hydroxyl groups excluding tert-OH is 2. The molecular formula is C10H17N5O5. The van der Waals surface area contributed by atoms with Crippen LogP contribution in [0.15, 0.2) is 15.3 Å². The van der Waals surface area contributed by atoms with Gasteiger partial charge >= 0.3 is 6.03 Å². The third kappa shape index (κ3) is 2.50. The SMILES string of the molecule is CC1(O)[C@@H](O)[C@@H](CO)O[C@H]1N1/N=N\CC/C(N)=N\C1=O. The van der Waals surface area contributed by atoms with Gasteiger partial charge in [-0.2, -0.15) is 15.1 Å². The summed E-state index contributed by atoms with van der Waals surface area (Å²) < 4.78 is 5.27. The molecule has 0 aromatic rings. The fraction of sp³-hybridized carbons (Fsp3) is 0.800. The smallest absolute Gasteiger partial charge is 0.369 e. The molecule has 10 nitrogen and oxygen atoms in total. The number of amides is 2. The van der Waals surface area contributed by atoms with Crippen molar-refractivity contribution in [2.75, 3.05) is 13.2 Å². The highest BCUT2D eigenvalue weighted by atomic mass is 16.6. The number of carbonyl (C=O) groups is 1. The number of hydrogen-bond acceptors (Lipinski definition) is 8. The normalized spacial score (nSPS) is 42.8. The molecule has 0 radical (unpaired) electrons. The van der Waals surface area contributed by atoms with Gasteiger partial charge in [0, 0.05) is 6.42 Å². The Morgan fingerprint density at radius 2 is 2.30 bits per heavy atom. The second-order valence-electron chi connectivity index (χ2n) is 4.81. The average molecular weight is 287 g/mol. The van der Waals surface area contributed by atoms with E-state index in [9.17, 15) is 15.0 Å². The van der Waals surface area contributed by atoms with Crippen LogP contribution in [-0.2, 0) is 4.74 Å². The van der Waals surface area contributed by atoms with Gasteiger partial charge in [-0.15, -0.1) is 0 Å². The topological polar surface area (TPSA) is 153 Å². The Morgan fingerprint density at radius 3 is 2.90 bits per heavy atom. The third-order valence-corrected chi connectivity index (χ3v) is 3.22. The maximum absolute atomic E-state index is 11.9. The number of aliphatic hydroxyl groups is 3. The molecular weight excluding hydrogens is 270 g/mol. The zero-order chi connectivity index (χ0) is 14.9. The van der Waals surface area contributed by atoms with Crippen molar-refractivity contribution >= 4 is 11.9 Å². The van der Waals surface area contributed by atoms with Crippen molar-refractivity contribution in [1.82, 2.24) is 5.01 Å². The van der Waals surface area contributed by atoms with Crippen LogP contribution in [0.2, 0.25) is 0 Å². The molecule has 0 aromatic heterocycles. The van der Waals surface area contributed by atoms with Crippen molar-refractivity contribution in [3.63, 3.8) is 0 Å². The fourth-order valence-corrected chi connectivity index (χ4v) is 2.04. The van der Waals surface area contributed by atoms with Gasteiger partial charge in [0.15, 0.2) is 6.23 Å².